The van der Waals surface area contributed by atoms with Crippen LogP contribution >= 0.6 is 39.1 Å². The normalized spacial score (nSPS) is 10.9. The Morgan fingerprint density at radius 3 is 2.35 bits per heavy atom. The summed E-state index contributed by atoms with van der Waals surface area (Å²) in [5.74, 6) is -0.461. The van der Waals surface area contributed by atoms with E-state index in [4.69, 9.17) is 32.4 Å². The number of hydrogen-bond acceptors (Lipinski definition) is 4. The molecule has 0 aliphatic carbocycles. The van der Waals surface area contributed by atoms with Gasteiger partial charge >= 0.3 is 0 Å². The molecule has 3 aromatic carbocycles. The third kappa shape index (κ3) is 5.14. The third-order valence-electron chi connectivity index (χ3n) is 5.15. The van der Waals surface area contributed by atoms with E-state index in [0.717, 1.165) is 17.3 Å². The largest absolute Gasteiger partial charge is 0.490 e. The first-order valence-electron chi connectivity index (χ1n) is 10.6. The van der Waals surface area contributed by atoms with Gasteiger partial charge in [0.05, 0.1) is 22.3 Å². The van der Waals surface area contributed by atoms with Gasteiger partial charge in [-0.15, -0.1) is 0 Å². The third-order valence-corrected chi connectivity index (χ3v) is 6.24. The van der Waals surface area contributed by atoms with E-state index < -0.39 is 5.91 Å². The lowest BCUT2D eigenvalue weighted by molar-refractivity contribution is 0.101. The number of rotatable bonds is 8. The predicted molar refractivity (Wildman–Crippen MR) is 139 cm³/mol. The molecule has 0 saturated heterocycles. The van der Waals surface area contributed by atoms with E-state index in [1.54, 1.807) is 48.5 Å². The van der Waals surface area contributed by atoms with Crippen molar-refractivity contribution in [3.63, 3.8) is 0 Å². The highest BCUT2D eigenvalue weighted by Crippen LogP contribution is 2.36. The Kier molecular flexibility index (Phi) is 7.61. The average molecular weight is 561 g/mol. The van der Waals surface area contributed by atoms with Gasteiger partial charge in [0.25, 0.3) is 5.91 Å². The second-order valence-electron chi connectivity index (χ2n) is 7.56. The summed E-state index contributed by atoms with van der Waals surface area (Å²) in [5.41, 5.74) is 1.42. The number of halogens is 3. The number of ether oxygens (including phenoxy) is 1. The van der Waals surface area contributed by atoms with E-state index in [1.807, 2.05) is 0 Å². The Bertz CT molecular complexity index is 1340. The molecule has 0 fully saturated rings. The summed E-state index contributed by atoms with van der Waals surface area (Å²) in [6.07, 6.45) is 1.83. The summed E-state index contributed by atoms with van der Waals surface area (Å²) in [6.45, 7) is 2.53. The van der Waals surface area contributed by atoms with Crippen molar-refractivity contribution >= 4 is 67.5 Å². The zero-order chi connectivity index (χ0) is 24.2. The van der Waals surface area contributed by atoms with Gasteiger partial charge in [0.1, 0.15) is 5.58 Å². The fourth-order valence-corrected chi connectivity index (χ4v) is 4.26. The molecule has 0 unspecified atom stereocenters. The zero-order valence-electron chi connectivity index (χ0n) is 18.2. The second kappa shape index (κ2) is 10.6. The summed E-state index contributed by atoms with van der Waals surface area (Å²) >= 11 is 16.1. The summed E-state index contributed by atoms with van der Waals surface area (Å²) in [7, 11) is 0. The van der Waals surface area contributed by atoms with Crippen LogP contribution in [0.15, 0.2) is 69.6 Å². The first kappa shape index (κ1) is 24.3. The molecule has 5 nitrogen and oxygen atoms in total. The van der Waals surface area contributed by atoms with Crippen LogP contribution in [-0.4, -0.2) is 18.3 Å². The number of hydrogen-bond donors (Lipinski definition) is 1. The number of nitrogens with one attached hydrogen (secondary N) is 1. The molecule has 0 atom stereocenters. The number of furan rings is 1. The average Bonchev–Trinajstić information content (AvgIpc) is 3.19. The van der Waals surface area contributed by atoms with Crippen molar-refractivity contribution < 1.29 is 18.7 Å². The molecule has 0 bridgehead atoms. The lowest BCUT2D eigenvalue weighted by Crippen LogP contribution is -2.14. The highest BCUT2D eigenvalue weighted by Gasteiger charge is 2.24. The van der Waals surface area contributed by atoms with E-state index in [9.17, 15) is 9.59 Å². The first-order chi connectivity index (χ1) is 16.4. The Labute approximate surface area is 215 Å². The quantitative estimate of drug-likeness (QED) is 0.174. The van der Waals surface area contributed by atoms with Crippen LogP contribution in [0.3, 0.4) is 0 Å². The Hall–Kier alpha value is -2.80. The minimum atomic E-state index is -0.486. The molecule has 1 heterocycles. The predicted octanol–water partition coefficient (Wildman–Crippen LogP) is 8.16. The number of amides is 1. The van der Waals surface area contributed by atoms with Crippen LogP contribution in [0.1, 0.15) is 46.2 Å². The number of carbonyl (C=O) groups excluding carboxylic acids is 2. The molecule has 34 heavy (non-hydrogen) atoms. The first-order valence-corrected chi connectivity index (χ1v) is 12.2. The van der Waals surface area contributed by atoms with Crippen LogP contribution in [0.2, 0.25) is 10.0 Å². The van der Waals surface area contributed by atoms with Crippen LogP contribution in [-0.2, 0) is 0 Å². The van der Waals surface area contributed by atoms with Crippen molar-refractivity contribution in [3.05, 3.63) is 92.1 Å². The number of anilines is 1. The van der Waals surface area contributed by atoms with E-state index in [-0.39, 0.29) is 32.8 Å². The van der Waals surface area contributed by atoms with Gasteiger partial charge in [-0.2, -0.15) is 0 Å². The molecule has 0 saturated carbocycles. The summed E-state index contributed by atoms with van der Waals surface area (Å²) in [5, 5.41) is 3.89. The number of benzene rings is 3. The van der Waals surface area contributed by atoms with Gasteiger partial charge < -0.3 is 14.5 Å². The van der Waals surface area contributed by atoms with E-state index in [0.29, 0.717) is 28.9 Å². The molecule has 0 aliphatic heterocycles. The lowest BCUT2D eigenvalue weighted by atomic mass is 10.1. The summed E-state index contributed by atoms with van der Waals surface area (Å²) in [6, 6.07) is 17.0. The molecule has 8 heteroatoms. The van der Waals surface area contributed by atoms with Gasteiger partial charge in [0.15, 0.2) is 11.5 Å². The number of fused-ring (bicyclic) bond motifs is 1. The Morgan fingerprint density at radius 1 is 1.00 bits per heavy atom. The molecule has 1 N–H and O–H groups in total. The van der Waals surface area contributed by atoms with Crippen molar-refractivity contribution in [2.45, 2.75) is 19.8 Å². The SMILES string of the molecule is CCCCOc1c(Cl)cc(C(=O)Nc2c(C(=O)c3ccc(Br)cc3)oc3ccccc23)cc1Cl. The van der Waals surface area contributed by atoms with Gasteiger partial charge in [0.2, 0.25) is 5.78 Å². The molecule has 174 valence electrons. The van der Waals surface area contributed by atoms with Gasteiger partial charge in [0, 0.05) is 21.0 Å². The van der Waals surface area contributed by atoms with Crippen LogP contribution in [0.4, 0.5) is 5.69 Å². The second-order valence-corrected chi connectivity index (χ2v) is 9.29. The standard InChI is InChI=1S/C26H20BrCl2NO4/c1-2-3-12-33-24-19(28)13-16(14-20(24)29)26(32)30-22-18-6-4-5-7-21(18)34-25(22)23(31)15-8-10-17(27)11-9-15/h4-11,13-14H,2-3,12H2,1H3,(H,30,32). The van der Waals surface area contributed by atoms with Gasteiger partial charge in [-0.25, -0.2) is 0 Å². The van der Waals surface area contributed by atoms with Crippen molar-refractivity contribution in [2.24, 2.45) is 0 Å². The molecule has 4 aromatic rings. The number of para-hydroxylation sites is 1. The zero-order valence-corrected chi connectivity index (χ0v) is 21.3. The highest BCUT2D eigenvalue weighted by molar-refractivity contribution is 9.10. The van der Waals surface area contributed by atoms with Crippen molar-refractivity contribution in [1.29, 1.82) is 0 Å². The van der Waals surface area contributed by atoms with Gasteiger partial charge in [-0.3, -0.25) is 9.59 Å². The fourth-order valence-electron chi connectivity index (χ4n) is 3.39. The Balaban J connectivity index is 1.68. The van der Waals surface area contributed by atoms with E-state index in [1.165, 1.54) is 12.1 Å². The topological polar surface area (TPSA) is 68.5 Å². The van der Waals surface area contributed by atoms with Gasteiger partial charge in [-0.05, 0) is 55.0 Å². The summed E-state index contributed by atoms with van der Waals surface area (Å²) < 4.78 is 12.4. The molecule has 0 radical (unpaired) electrons. The van der Waals surface area contributed by atoms with E-state index >= 15 is 0 Å². The highest BCUT2D eigenvalue weighted by atomic mass is 79.9. The van der Waals surface area contributed by atoms with Gasteiger partial charge in [-0.1, -0.05) is 64.6 Å². The van der Waals surface area contributed by atoms with Crippen molar-refractivity contribution in [3.8, 4) is 5.75 Å². The maximum atomic E-state index is 13.2. The smallest absolute Gasteiger partial charge is 0.255 e. The molecular weight excluding hydrogens is 541 g/mol. The van der Waals surface area contributed by atoms with Crippen LogP contribution in [0, 0.1) is 0 Å². The number of carbonyl (C=O) groups is 2. The fraction of sp³-hybridized carbons (Fsp3) is 0.154. The number of unbranched alkanes of at least 4 members (excludes halogenated alkanes) is 1. The monoisotopic (exact) mass is 559 g/mol. The number of ketones is 1. The lowest BCUT2D eigenvalue weighted by Gasteiger charge is -2.12. The molecule has 4 rings (SSSR count). The maximum Gasteiger partial charge on any atom is 0.255 e. The van der Waals surface area contributed by atoms with E-state index in [2.05, 4.69) is 28.2 Å². The van der Waals surface area contributed by atoms with Crippen molar-refractivity contribution in [1.82, 2.24) is 0 Å². The molecule has 1 aromatic heterocycles. The minimum Gasteiger partial charge on any atom is -0.490 e. The molecule has 0 aliphatic rings. The van der Waals surface area contributed by atoms with Crippen molar-refractivity contribution in [2.75, 3.05) is 11.9 Å². The molecule has 1 amide bonds. The minimum absolute atomic E-state index is 0.0357. The summed E-state index contributed by atoms with van der Waals surface area (Å²) in [4.78, 5) is 26.4. The van der Waals surface area contributed by atoms with Crippen LogP contribution in [0.5, 0.6) is 5.75 Å². The molecule has 0 spiro atoms. The van der Waals surface area contributed by atoms with Crippen LogP contribution < -0.4 is 10.1 Å². The molecular formula is C26H20BrCl2NO4. The van der Waals surface area contributed by atoms with Crippen LogP contribution in [0.25, 0.3) is 11.0 Å². The Morgan fingerprint density at radius 2 is 1.68 bits per heavy atom. The maximum absolute atomic E-state index is 13.2.